The van der Waals surface area contributed by atoms with Crippen molar-refractivity contribution in [1.29, 1.82) is 0 Å². The first-order chi connectivity index (χ1) is 14.5. The fraction of sp³-hybridized carbons (Fsp3) is 0.417. The van der Waals surface area contributed by atoms with Gasteiger partial charge in [-0.1, -0.05) is 45.0 Å². The van der Waals surface area contributed by atoms with Crippen LogP contribution in [0.5, 0.6) is 5.75 Å². The zero-order valence-electron chi connectivity index (χ0n) is 18.0. The molecule has 0 aliphatic carbocycles. The van der Waals surface area contributed by atoms with Crippen LogP contribution in [0.3, 0.4) is 0 Å². The molecular formula is C24H31FN2O3. The highest BCUT2D eigenvalue weighted by Gasteiger charge is 2.28. The van der Waals surface area contributed by atoms with Crippen molar-refractivity contribution in [2.24, 2.45) is 0 Å². The molecule has 0 bridgehead atoms. The van der Waals surface area contributed by atoms with Crippen molar-refractivity contribution < 1.29 is 18.7 Å². The Morgan fingerprint density at radius 1 is 1.00 bits per heavy atom. The van der Waals surface area contributed by atoms with E-state index in [2.05, 4.69) is 12.2 Å². The number of nitrogens with one attached hydrogen (secondary N) is 1. The van der Waals surface area contributed by atoms with Crippen LogP contribution < -0.4 is 10.1 Å². The Kier molecular flexibility index (Phi) is 9.32. The van der Waals surface area contributed by atoms with Crippen LogP contribution in [-0.4, -0.2) is 35.9 Å². The first kappa shape index (κ1) is 23.4. The van der Waals surface area contributed by atoms with Gasteiger partial charge in [0.2, 0.25) is 5.91 Å². The van der Waals surface area contributed by atoms with Crippen LogP contribution in [0.4, 0.5) is 4.39 Å². The summed E-state index contributed by atoms with van der Waals surface area (Å²) in [6.45, 7) is 6.49. The van der Waals surface area contributed by atoms with E-state index in [0.29, 0.717) is 18.7 Å². The van der Waals surface area contributed by atoms with Crippen molar-refractivity contribution in [1.82, 2.24) is 10.2 Å². The first-order valence-electron chi connectivity index (χ1n) is 10.5. The summed E-state index contributed by atoms with van der Waals surface area (Å²) in [6.07, 6.45) is 2.20. The largest absolute Gasteiger partial charge is 0.484 e. The number of halogens is 1. The molecule has 0 aliphatic rings. The third-order valence-corrected chi connectivity index (χ3v) is 4.90. The van der Waals surface area contributed by atoms with E-state index in [1.807, 2.05) is 38.1 Å². The van der Waals surface area contributed by atoms with Crippen LogP contribution in [0.1, 0.15) is 44.7 Å². The highest BCUT2D eigenvalue weighted by molar-refractivity contribution is 5.88. The lowest BCUT2D eigenvalue weighted by Crippen LogP contribution is -2.50. The SMILES string of the molecule is CCCNC(=O)C(CC)N(Cc1ccc(F)cc1)C(=O)COc1ccc(CC)cc1. The molecule has 0 aromatic heterocycles. The maximum absolute atomic E-state index is 13.3. The predicted molar refractivity (Wildman–Crippen MR) is 116 cm³/mol. The summed E-state index contributed by atoms with van der Waals surface area (Å²) in [7, 11) is 0. The molecule has 6 heteroatoms. The molecular weight excluding hydrogens is 383 g/mol. The summed E-state index contributed by atoms with van der Waals surface area (Å²) >= 11 is 0. The second kappa shape index (κ2) is 12.0. The van der Waals surface area contributed by atoms with Crippen molar-refractivity contribution in [2.45, 2.75) is 52.6 Å². The van der Waals surface area contributed by atoms with Gasteiger partial charge in [0.05, 0.1) is 0 Å². The maximum Gasteiger partial charge on any atom is 0.261 e. The monoisotopic (exact) mass is 414 g/mol. The van der Waals surface area contributed by atoms with E-state index in [9.17, 15) is 14.0 Å². The molecule has 0 spiro atoms. The Labute approximate surface area is 178 Å². The van der Waals surface area contributed by atoms with Gasteiger partial charge in [-0.3, -0.25) is 9.59 Å². The summed E-state index contributed by atoms with van der Waals surface area (Å²) in [6, 6.07) is 12.9. The molecule has 5 nitrogen and oxygen atoms in total. The van der Waals surface area contributed by atoms with Crippen molar-refractivity contribution in [3.63, 3.8) is 0 Å². The average molecular weight is 415 g/mol. The van der Waals surface area contributed by atoms with Gasteiger partial charge in [0.25, 0.3) is 5.91 Å². The number of ether oxygens (including phenoxy) is 1. The zero-order chi connectivity index (χ0) is 21.9. The fourth-order valence-electron chi connectivity index (χ4n) is 3.12. The first-order valence-corrected chi connectivity index (χ1v) is 10.5. The molecule has 0 aliphatic heterocycles. The summed E-state index contributed by atoms with van der Waals surface area (Å²) in [4.78, 5) is 27.2. The highest BCUT2D eigenvalue weighted by Crippen LogP contribution is 2.16. The summed E-state index contributed by atoms with van der Waals surface area (Å²) < 4.78 is 19.0. The lowest BCUT2D eigenvalue weighted by molar-refractivity contribution is -0.143. The summed E-state index contributed by atoms with van der Waals surface area (Å²) in [5, 5.41) is 2.87. The van der Waals surface area contributed by atoms with E-state index in [4.69, 9.17) is 4.74 Å². The number of carbonyl (C=O) groups is 2. The van der Waals surface area contributed by atoms with E-state index in [-0.39, 0.29) is 30.8 Å². The number of hydrogen-bond donors (Lipinski definition) is 1. The minimum Gasteiger partial charge on any atom is -0.484 e. The molecule has 0 heterocycles. The molecule has 1 N–H and O–H groups in total. The molecule has 2 aromatic carbocycles. The Bertz CT molecular complexity index is 806. The molecule has 0 saturated carbocycles. The van der Waals surface area contributed by atoms with E-state index < -0.39 is 6.04 Å². The van der Waals surface area contributed by atoms with E-state index in [0.717, 1.165) is 18.4 Å². The lowest BCUT2D eigenvalue weighted by Gasteiger charge is -2.30. The number of carbonyl (C=O) groups excluding carboxylic acids is 2. The molecule has 2 aromatic rings. The second-order valence-corrected chi connectivity index (χ2v) is 7.15. The Morgan fingerprint density at radius 3 is 2.20 bits per heavy atom. The zero-order valence-corrected chi connectivity index (χ0v) is 18.0. The molecule has 2 amide bonds. The van der Waals surface area contributed by atoms with Crippen LogP contribution >= 0.6 is 0 Å². The van der Waals surface area contributed by atoms with Gasteiger partial charge in [-0.05, 0) is 54.7 Å². The number of amides is 2. The Hall–Kier alpha value is -2.89. The smallest absolute Gasteiger partial charge is 0.261 e. The highest BCUT2D eigenvalue weighted by atomic mass is 19.1. The number of hydrogen-bond acceptors (Lipinski definition) is 3. The third kappa shape index (κ3) is 6.87. The molecule has 30 heavy (non-hydrogen) atoms. The second-order valence-electron chi connectivity index (χ2n) is 7.15. The van der Waals surface area contributed by atoms with Crippen LogP contribution in [0.25, 0.3) is 0 Å². The van der Waals surface area contributed by atoms with Gasteiger partial charge in [-0.25, -0.2) is 4.39 Å². The molecule has 1 unspecified atom stereocenters. The quantitative estimate of drug-likeness (QED) is 0.602. The number of nitrogens with zero attached hydrogens (tertiary/aromatic N) is 1. The standard InChI is InChI=1S/C24H31FN2O3/c1-4-15-26-24(29)22(6-3)27(16-19-7-11-20(25)12-8-19)23(28)17-30-21-13-9-18(5-2)10-14-21/h7-14,22H,4-6,15-17H2,1-3H3,(H,26,29). The van der Waals surface area contributed by atoms with Gasteiger partial charge in [-0.2, -0.15) is 0 Å². The van der Waals surface area contributed by atoms with E-state index in [1.165, 1.54) is 22.6 Å². The van der Waals surface area contributed by atoms with Gasteiger partial charge < -0.3 is 15.0 Å². The lowest BCUT2D eigenvalue weighted by atomic mass is 10.1. The average Bonchev–Trinajstić information content (AvgIpc) is 2.77. The summed E-state index contributed by atoms with van der Waals surface area (Å²) in [5.74, 6) is -0.228. The third-order valence-electron chi connectivity index (χ3n) is 4.90. The fourth-order valence-corrected chi connectivity index (χ4v) is 3.12. The van der Waals surface area contributed by atoms with Gasteiger partial charge in [0, 0.05) is 13.1 Å². The minimum atomic E-state index is -0.625. The van der Waals surface area contributed by atoms with Gasteiger partial charge in [-0.15, -0.1) is 0 Å². The van der Waals surface area contributed by atoms with Gasteiger partial charge in [0.15, 0.2) is 6.61 Å². The van der Waals surface area contributed by atoms with Crippen LogP contribution in [0, 0.1) is 5.82 Å². The number of rotatable bonds is 11. The van der Waals surface area contributed by atoms with Crippen molar-refractivity contribution in [3.05, 3.63) is 65.5 Å². The topological polar surface area (TPSA) is 58.6 Å². The van der Waals surface area contributed by atoms with Crippen LogP contribution in [-0.2, 0) is 22.6 Å². The van der Waals surface area contributed by atoms with E-state index >= 15 is 0 Å². The molecule has 162 valence electrons. The Morgan fingerprint density at radius 2 is 1.63 bits per heavy atom. The number of aryl methyl sites for hydroxylation is 1. The van der Waals surface area contributed by atoms with Crippen LogP contribution in [0.2, 0.25) is 0 Å². The molecule has 1 atom stereocenters. The molecule has 0 radical (unpaired) electrons. The minimum absolute atomic E-state index is 0.176. The normalized spacial score (nSPS) is 11.6. The van der Waals surface area contributed by atoms with Crippen molar-refractivity contribution in [2.75, 3.05) is 13.2 Å². The maximum atomic E-state index is 13.3. The Balaban J connectivity index is 2.15. The summed E-state index contributed by atoms with van der Waals surface area (Å²) in [5.41, 5.74) is 1.93. The molecule has 0 saturated heterocycles. The van der Waals surface area contributed by atoms with Crippen LogP contribution in [0.15, 0.2) is 48.5 Å². The van der Waals surface area contributed by atoms with Gasteiger partial charge in [0.1, 0.15) is 17.6 Å². The number of benzene rings is 2. The predicted octanol–water partition coefficient (Wildman–Crippen LogP) is 4.10. The molecule has 0 fully saturated rings. The molecule has 2 rings (SSSR count). The van der Waals surface area contributed by atoms with Crippen molar-refractivity contribution >= 4 is 11.8 Å². The van der Waals surface area contributed by atoms with Gasteiger partial charge >= 0.3 is 0 Å². The van der Waals surface area contributed by atoms with Crippen molar-refractivity contribution in [3.8, 4) is 5.75 Å². The van der Waals surface area contributed by atoms with E-state index in [1.54, 1.807) is 12.1 Å².